The van der Waals surface area contributed by atoms with E-state index >= 15 is 0 Å². The van der Waals surface area contributed by atoms with E-state index in [1.807, 2.05) is 13.1 Å². The molecule has 3 rings (SSSR count). The first kappa shape index (κ1) is 18.4. The predicted molar refractivity (Wildman–Crippen MR) is 94.1 cm³/mol. The van der Waals surface area contributed by atoms with E-state index in [2.05, 4.69) is 10.4 Å². The summed E-state index contributed by atoms with van der Waals surface area (Å²) in [5.41, 5.74) is 1.67. The predicted octanol–water partition coefficient (Wildman–Crippen LogP) is 2.13. The number of hydrogen-bond donors (Lipinski definition) is 2. The Morgan fingerprint density at radius 3 is 2.81 bits per heavy atom. The number of carbonyl (C=O) groups is 1. The van der Waals surface area contributed by atoms with Crippen LogP contribution >= 0.6 is 0 Å². The van der Waals surface area contributed by atoms with Crippen LogP contribution in [0.1, 0.15) is 36.6 Å². The first-order valence-corrected chi connectivity index (χ1v) is 8.75. The molecule has 1 amide bonds. The van der Waals surface area contributed by atoms with Crippen LogP contribution in [-0.2, 0) is 18.3 Å². The van der Waals surface area contributed by atoms with E-state index in [0.717, 1.165) is 5.69 Å². The molecule has 140 valence electrons. The molecule has 7 heteroatoms. The Labute approximate surface area is 152 Å². The molecular weight excluding hydrogens is 337 g/mol. The highest BCUT2D eigenvalue weighted by Gasteiger charge is 2.36. The molecule has 6 nitrogen and oxygen atoms in total. The molecule has 0 radical (unpaired) electrons. The fraction of sp³-hybridized carbons (Fsp3) is 0.474. The summed E-state index contributed by atoms with van der Waals surface area (Å²) in [5, 5.41) is 16.7. The lowest BCUT2D eigenvalue weighted by molar-refractivity contribution is -0.123. The number of nitrogens with one attached hydrogen (secondary N) is 1. The molecule has 1 aliphatic rings. The molecule has 1 atom stereocenters. The minimum atomic E-state index is -0.459. The second kappa shape index (κ2) is 7.86. The van der Waals surface area contributed by atoms with Crippen LogP contribution in [0.2, 0.25) is 0 Å². The number of halogens is 1. The van der Waals surface area contributed by atoms with Crippen molar-refractivity contribution in [1.82, 2.24) is 15.1 Å². The Bertz CT molecular complexity index is 771. The van der Waals surface area contributed by atoms with Gasteiger partial charge < -0.3 is 15.2 Å². The number of nitrogens with zero attached hydrogens (tertiary/aromatic N) is 2. The second-order valence-corrected chi connectivity index (χ2v) is 6.77. The zero-order valence-corrected chi connectivity index (χ0v) is 15.0. The zero-order chi connectivity index (χ0) is 18.7. The minimum Gasteiger partial charge on any atom is -0.494 e. The quantitative estimate of drug-likeness (QED) is 0.792. The van der Waals surface area contributed by atoms with E-state index < -0.39 is 5.82 Å². The Morgan fingerprint density at radius 2 is 2.23 bits per heavy atom. The maximum atomic E-state index is 14.1. The molecule has 0 unspecified atom stereocenters. The number of methoxy groups -OCH3 is 1. The summed E-state index contributed by atoms with van der Waals surface area (Å²) in [6.07, 6.45) is 3.45. The molecular formula is C19H24FN3O3. The molecule has 2 N–H and O–H groups in total. The van der Waals surface area contributed by atoms with Gasteiger partial charge in [-0.3, -0.25) is 9.48 Å². The Hall–Kier alpha value is -2.41. The smallest absolute Gasteiger partial charge is 0.220 e. The fourth-order valence-corrected chi connectivity index (χ4v) is 3.39. The van der Waals surface area contributed by atoms with E-state index in [4.69, 9.17) is 4.74 Å². The molecule has 1 heterocycles. The number of amides is 1. The van der Waals surface area contributed by atoms with Crippen LogP contribution in [0.4, 0.5) is 4.39 Å². The minimum absolute atomic E-state index is 0.0958. The summed E-state index contributed by atoms with van der Waals surface area (Å²) in [6.45, 7) is 0. The average molecular weight is 361 g/mol. The van der Waals surface area contributed by atoms with E-state index in [0.29, 0.717) is 31.2 Å². The molecule has 2 aromatic rings. The summed E-state index contributed by atoms with van der Waals surface area (Å²) in [4.78, 5) is 12.4. The van der Waals surface area contributed by atoms with Crippen molar-refractivity contribution in [3.63, 3.8) is 0 Å². The van der Waals surface area contributed by atoms with Crippen LogP contribution in [0, 0.1) is 11.7 Å². The van der Waals surface area contributed by atoms with Crippen molar-refractivity contribution in [3.8, 4) is 5.75 Å². The Kier molecular flexibility index (Phi) is 5.56. The maximum absolute atomic E-state index is 14.1. The van der Waals surface area contributed by atoms with Crippen molar-refractivity contribution < 1.29 is 19.0 Å². The van der Waals surface area contributed by atoms with Gasteiger partial charge in [-0.1, -0.05) is 6.07 Å². The van der Waals surface area contributed by atoms with Crippen LogP contribution in [0.15, 0.2) is 30.5 Å². The molecule has 1 aliphatic carbocycles. The van der Waals surface area contributed by atoms with E-state index in [-0.39, 0.29) is 29.7 Å². The number of rotatable bonds is 7. The van der Waals surface area contributed by atoms with Gasteiger partial charge in [-0.05, 0) is 48.9 Å². The highest BCUT2D eigenvalue weighted by Crippen LogP contribution is 2.39. The summed E-state index contributed by atoms with van der Waals surface area (Å²) in [5.74, 6) is -0.296. The lowest BCUT2D eigenvalue weighted by Crippen LogP contribution is -2.41. The first-order chi connectivity index (χ1) is 12.5. The van der Waals surface area contributed by atoms with Gasteiger partial charge in [0.1, 0.15) is 0 Å². The molecule has 26 heavy (non-hydrogen) atoms. The second-order valence-electron chi connectivity index (χ2n) is 6.77. The summed E-state index contributed by atoms with van der Waals surface area (Å²) < 4.78 is 20.8. The number of ether oxygens (including phenoxy) is 1. The van der Waals surface area contributed by atoms with Gasteiger partial charge in [0.2, 0.25) is 5.91 Å². The Morgan fingerprint density at radius 1 is 1.46 bits per heavy atom. The highest BCUT2D eigenvalue weighted by molar-refractivity contribution is 5.76. The number of aromatic nitrogens is 2. The van der Waals surface area contributed by atoms with Crippen LogP contribution in [0.25, 0.3) is 0 Å². The van der Waals surface area contributed by atoms with Crippen molar-refractivity contribution in [2.75, 3.05) is 7.11 Å². The Balaban J connectivity index is 1.69. The lowest BCUT2D eigenvalue weighted by atomic mass is 9.75. The van der Waals surface area contributed by atoms with Gasteiger partial charge in [0.05, 0.1) is 19.3 Å². The normalized spacial score (nSPS) is 20.3. The summed E-state index contributed by atoms with van der Waals surface area (Å²) in [6, 6.07) is 6.28. The fourth-order valence-electron chi connectivity index (χ4n) is 3.39. The van der Waals surface area contributed by atoms with Gasteiger partial charge in [0.25, 0.3) is 0 Å². The number of hydrogen-bond acceptors (Lipinski definition) is 4. The maximum Gasteiger partial charge on any atom is 0.220 e. The standard InChI is InChI=1S/C19H24FN3O3/c1-23-14(7-8-21-23)4-6-18(25)22-19(13-9-15(24)10-13)12-3-5-17(26-2)16(20)11-12/h3,5,7-8,11,13,15,19,24H,4,6,9-10H2,1-2H3,(H,22,25)/t13?,15?,19-/m1/s1. The monoisotopic (exact) mass is 361 g/mol. The molecule has 0 aliphatic heterocycles. The molecule has 1 saturated carbocycles. The van der Waals surface area contributed by atoms with Crippen molar-refractivity contribution in [1.29, 1.82) is 0 Å². The zero-order valence-electron chi connectivity index (χ0n) is 15.0. The van der Waals surface area contributed by atoms with Gasteiger partial charge in [0.15, 0.2) is 11.6 Å². The van der Waals surface area contributed by atoms with Gasteiger partial charge in [-0.15, -0.1) is 0 Å². The van der Waals surface area contributed by atoms with Gasteiger partial charge in [-0.2, -0.15) is 5.10 Å². The van der Waals surface area contributed by atoms with Crippen LogP contribution in [0.5, 0.6) is 5.75 Å². The first-order valence-electron chi connectivity index (χ1n) is 8.75. The third kappa shape index (κ3) is 4.04. The third-order valence-electron chi connectivity index (χ3n) is 5.00. The molecule has 1 aromatic carbocycles. The number of aryl methyl sites for hydroxylation is 2. The average Bonchev–Trinajstić information content (AvgIpc) is 3.00. The van der Waals surface area contributed by atoms with Gasteiger partial charge >= 0.3 is 0 Å². The molecule has 0 saturated heterocycles. The number of aliphatic hydroxyl groups is 1. The topological polar surface area (TPSA) is 76.4 Å². The molecule has 1 fully saturated rings. The lowest BCUT2D eigenvalue weighted by Gasteiger charge is -2.38. The van der Waals surface area contributed by atoms with Crippen LogP contribution in [-0.4, -0.2) is 34.0 Å². The molecule has 0 spiro atoms. The van der Waals surface area contributed by atoms with E-state index in [9.17, 15) is 14.3 Å². The van der Waals surface area contributed by atoms with Crippen LogP contribution in [0.3, 0.4) is 0 Å². The number of aliphatic hydroxyl groups excluding tert-OH is 1. The molecule has 1 aromatic heterocycles. The van der Waals surface area contributed by atoms with Crippen molar-refractivity contribution >= 4 is 5.91 Å². The molecule has 0 bridgehead atoms. The summed E-state index contributed by atoms with van der Waals surface area (Å²) >= 11 is 0. The summed E-state index contributed by atoms with van der Waals surface area (Å²) in [7, 11) is 3.25. The van der Waals surface area contributed by atoms with Gasteiger partial charge in [-0.25, -0.2) is 4.39 Å². The van der Waals surface area contributed by atoms with Crippen molar-refractivity contribution in [2.45, 2.75) is 37.8 Å². The van der Waals surface area contributed by atoms with Gasteiger partial charge in [0, 0.05) is 25.4 Å². The SMILES string of the molecule is COc1ccc([C@@H](NC(=O)CCc2ccnn2C)C2CC(O)C2)cc1F. The third-order valence-corrected chi connectivity index (χ3v) is 5.00. The highest BCUT2D eigenvalue weighted by atomic mass is 19.1. The van der Waals surface area contributed by atoms with Crippen molar-refractivity contribution in [3.05, 3.63) is 47.5 Å². The number of benzene rings is 1. The van der Waals surface area contributed by atoms with E-state index in [1.54, 1.807) is 23.0 Å². The van der Waals surface area contributed by atoms with Crippen LogP contribution < -0.4 is 10.1 Å². The van der Waals surface area contributed by atoms with Crippen molar-refractivity contribution in [2.24, 2.45) is 13.0 Å². The number of carbonyl (C=O) groups excluding carboxylic acids is 1. The van der Waals surface area contributed by atoms with E-state index in [1.165, 1.54) is 13.2 Å². The largest absolute Gasteiger partial charge is 0.494 e.